The first kappa shape index (κ1) is 22.8. The van der Waals surface area contributed by atoms with Gasteiger partial charge in [-0.15, -0.1) is 0 Å². The molecule has 3 fully saturated rings. The average Bonchev–Trinajstić information content (AvgIpc) is 3.00. The van der Waals surface area contributed by atoms with E-state index >= 15 is 0 Å². The number of aliphatic hydroxyl groups excluding tert-OH is 2. The largest absolute Gasteiger partial charge is 0.393 e. The van der Waals surface area contributed by atoms with Crippen molar-refractivity contribution in [3.05, 3.63) is 35.5 Å². The summed E-state index contributed by atoms with van der Waals surface area (Å²) in [4.78, 5) is 0. The molecule has 3 saturated carbocycles. The normalized spacial score (nSPS) is 39.3. The Labute approximate surface area is 179 Å². The SMILES string of the molecule is C=C1/C(=C\C=C2CCC[C@@]3(C)[C@@H]2CC[C@@H]3[C@H](C)CCCC(C)C)C[C@@H](O)C[C@@H]1O. The van der Waals surface area contributed by atoms with Crippen molar-refractivity contribution in [2.75, 3.05) is 0 Å². The monoisotopic (exact) mass is 400 g/mol. The maximum Gasteiger partial charge on any atom is 0.0811 e. The van der Waals surface area contributed by atoms with Gasteiger partial charge >= 0.3 is 0 Å². The van der Waals surface area contributed by atoms with Crippen LogP contribution in [0.1, 0.15) is 91.9 Å². The molecule has 2 N–H and O–H groups in total. The van der Waals surface area contributed by atoms with E-state index in [1.54, 1.807) is 5.57 Å². The summed E-state index contributed by atoms with van der Waals surface area (Å²) in [6, 6.07) is 0. The molecule has 3 aliphatic carbocycles. The van der Waals surface area contributed by atoms with E-state index in [9.17, 15) is 10.2 Å². The van der Waals surface area contributed by atoms with Crippen molar-refractivity contribution in [1.29, 1.82) is 0 Å². The van der Waals surface area contributed by atoms with E-state index in [-0.39, 0.29) is 0 Å². The molecule has 164 valence electrons. The van der Waals surface area contributed by atoms with Gasteiger partial charge in [-0.2, -0.15) is 0 Å². The first-order valence-corrected chi connectivity index (χ1v) is 12.2. The molecule has 0 bridgehead atoms. The van der Waals surface area contributed by atoms with Gasteiger partial charge in [-0.25, -0.2) is 0 Å². The lowest BCUT2D eigenvalue weighted by atomic mass is 9.60. The third-order valence-electron chi connectivity index (χ3n) is 8.43. The number of fused-ring (bicyclic) bond motifs is 1. The van der Waals surface area contributed by atoms with Gasteiger partial charge in [-0.1, -0.05) is 71.3 Å². The Morgan fingerprint density at radius 2 is 1.90 bits per heavy atom. The smallest absolute Gasteiger partial charge is 0.0811 e. The summed E-state index contributed by atoms with van der Waals surface area (Å²) in [6.07, 6.45) is 15.2. The minimum absolute atomic E-state index is 0.420. The lowest BCUT2D eigenvalue weighted by Gasteiger charge is -2.44. The highest BCUT2D eigenvalue weighted by Crippen LogP contribution is 2.59. The molecule has 0 aromatic carbocycles. The Hall–Kier alpha value is -0.860. The molecule has 0 saturated heterocycles. The van der Waals surface area contributed by atoms with E-state index in [4.69, 9.17) is 0 Å². The van der Waals surface area contributed by atoms with Crippen molar-refractivity contribution >= 4 is 0 Å². The van der Waals surface area contributed by atoms with Crippen molar-refractivity contribution in [2.45, 2.75) is 104 Å². The van der Waals surface area contributed by atoms with Crippen LogP contribution in [-0.2, 0) is 0 Å². The Bertz CT molecular complexity index is 643. The Morgan fingerprint density at radius 1 is 1.14 bits per heavy atom. The quantitative estimate of drug-likeness (QED) is 0.528. The fraction of sp³-hybridized carbons (Fsp3) is 0.778. The molecule has 6 atom stereocenters. The minimum atomic E-state index is -0.595. The summed E-state index contributed by atoms with van der Waals surface area (Å²) in [5.41, 5.74) is 3.88. The zero-order valence-electron chi connectivity index (χ0n) is 19.3. The van der Waals surface area contributed by atoms with Crippen molar-refractivity contribution in [3.8, 4) is 0 Å². The number of allylic oxidation sites excluding steroid dienone is 3. The van der Waals surface area contributed by atoms with E-state index in [2.05, 4.69) is 46.4 Å². The third-order valence-corrected chi connectivity index (χ3v) is 8.43. The second-order valence-electron chi connectivity index (χ2n) is 11.0. The summed E-state index contributed by atoms with van der Waals surface area (Å²) in [6.45, 7) is 13.8. The van der Waals surface area contributed by atoms with Crippen LogP contribution < -0.4 is 0 Å². The minimum Gasteiger partial charge on any atom is -0.393 e. The molecule has 2 heteroatoms. The predicted molar refractivity (Wildman–Crippen MR) is 123 cm³/mol. The fourth-order valence-corrected chi connectivity index (χ4v) is 6.73. The molecule has 29 heavy (non-hydrogen) atoms. The molecular weight excluding hydrogens is 356 g/mol. The van der Waals surface area contributed by atoms with E-state index < -0.39 is 12.2 Å². The molecule has 0 aromatic heterocycles. The van der Waals surface area contributed by atoms with Crippen LogP contribution in [0.4, 0.5) is 0 Å². The van der Waals surface area contributed by atoms with Gasteiger partial charge in [0.25, 0.3) is 0 Å². The van der Waals surface area contributed by atoms with Crippen LogP contribution in [0.25, 0.3) is 0 Å². The second-order valence-corrected chi connectivity index (χ2v) is 11.0. The van der Waals surface area contributed by atoms with Crippen LogP contribution in [-0.4, -0.2) is 22.4 Å². The summed E-state index contributed by atoms with van der Waals surface area (Å²) >= 11 is 0. The highest BCUT2D eigenvalue weighted by Gasteiger charge is 2.50. The van der Waals surface area contributed by atoms with Crippen LogP contribution in [0, 0.1) is 29.1 Å². The van der Waals surface area contributed by atoms with Gasteiger partial charge in [-0.05, 0) is 78.8 Å². The number of hydrogen-bond acceptors (Lipinski definition) is 2. The molecule has 0 heterocycles. The number of hydrogen-bond donors (Lipinski definition) is 2. The molecule has 0 spiro atoms. The molecule has 0 amide bonds. The number of rotatable bonds is 6. The summed E-state index contributed by atoms with van der Waals surface area (Å²) < 4.78 is 0. The average molecular weight is 401 g/mol. The van der Waals surface area contributed by atoms with Crippen molar-refractivity contribution in [3.63, 3.8) is 0 Å². The van der Waals surface area contributed by atoms with Gasteiger partial charge in [-0.3, -0.25) is 0 Å². The van der Waals surface area contributed by atoms with Gasteiger partial charge in [0.1, 0.15) is 0 Å². The standard InChI is InChI=1S/C27H44O2/c1-18(2)8-6-9-19(3)24-13-14-25-21(10-7-15-27(24,25)5)11-12-22-16-23(28)17-26(29)20(22)4/h11-12,18-19,23-26,28-29H,4,6-10,13-17H2,1-3,5H3/b21-11?,22-12-/t19-,23-,24-,25-,26+,27-/m1/s1. The molecule has 0 aromatic rings. The molecule has 0 radical (unpaired) electrons. The lowest BCUT2D eigenvalue weighted by Crippen LogP contribution is -2.36. The molecule has 0 aliphatic heterocycles. The van der Waals surface area contributed by atoms with Crippen molar-refractivity contribution in [1.82, 2.24) is 0 Å². The second kappa shape index (κ2) is 9.52. The zero-order chi connectivity index (χ0) is 21.2. The molecule has 3 rings (SSSR count). The maximum absolute atomic E-state index is 10.1. The van der Waals surface area contributed by atoms with Gasteiger partial charge in [0.2, 0.25) is 0 Å². The van der Waals surface area contributed by atoms with Crippen LogP contribution >= 0.6 is 0 Å². The van der Waals surface area contributed by atoms with Crippen LogP contribution in [0.15, 0.2) is 35.5 Å². The first-order valence-electron chi connectivity index (χ1n) is 12.2. The summed E-state index contributed by atoms with van der Waals surface area (Å²) in [5, 5.41) is 20.2. The first-order chi connectivity index (χ1) is 13.7. The highest BCUT2D eigenvalue weighted by atomic mass is 16.3. The van der Waals surface area contributed by atoms with Crippen LogP contribution in [0.2, 0.25) is 0 Å². The van der Waals surface area contributed by atoms with Gasteiger partial charge in [0.05, 0.1) is 12.2 Å². The maximum atomic E-state index is 10.1. The van der Waals surface area contributed by atoms with Crippen LogP contribution in [0.3, 0.4) is 0 Å². The van der Waals surface area contributed by atoms with Crippen molar-refractivity contribution in [2.24, 2.45) is 29.1 Å². The van der Waals surface area contributed by atoms with Crippen LogP contribution in [0.5, 0.6) is 0 Å². The van der Waals surface area contributed by atoms with Gasteiger partial charge in [0, 0.05) is 6.42 Å². The Kier molecular flexibility index (Phi) is 7.49. The molecule has 3 aliphatic rings. The highest BCUT2D eigenvalue weighted by molar-refractivity contribution is 5.38. The van der Waals surface area contributed by atoms with E-state index in [1.807, 2.05) is 0 Å². The van der Waals surface area contributed by atoms with Gasteiger partial charge < -0.3 is 10.2 Å². The van der Waals surface area contributed by atoms with Crippen molar-refractivity contribution < 1.29 is 10.2 Å². The molecule has 0 unspecified atom stereocenters. The summed E-state index contributed by atoms with van der Waals surface area (Å²) in [7, 11) is 0. The van der Waals surface area contributed by atoms with E-state index in [1.165, 1.54) is 51.4 Å². The topological polar surface area (TPSA) is 40.5 Å². The molecular formula is C27H44O2. The Balaban J connectivity index is 1.71. The molecule has 2 nitrogen and oxygen atoms in total. The Morgan fingerprint density at radius 3 is 2.62 bits per heavy atom. The third kappa shape index (κ3) is 5.07. The van der Waals surface area contributed by atoms with E-state index in [0.29, 0.717) is 24.2 Å². The van der Waals surface area contributed by atoms with E-state index in [0.717, 1.165) is 28.9 Å². The fourth-order valence-electron chi connectivity index (χ4n) is 6.73. The zero-order valence-corrected chi connectivity index (χ0v) is 19.3. The predicted octanol–water partition coefficient (Wildman–Crippen LogP) is 6.59. The van der Waals surface area contributed by atoms with Gasteiger partial charge in [0.15, 0.2) is 0 Å². The summed E-state index contributed by atoms with van der Waals surface area (Å²) in [5.74, 6) is 3.20. The lowest BCUT2D eigenvalue weighted by molar-refractivity contribution is 0.0861. The number of aliphatic hydroxyl groups is 2.